The molecule has 0 saturated carbocycles. The maximum absolute atomic E-state index is 13.3. The van der Waals surface area contributed by atoms with Crippen LogP contribution in [0.1, 0.15) is 27.8 Å². The minimum atomic E-state index is -0.262. The first-order valence-corrected chi connectivity index (χ1v) is 9.02. The van der Waals surface area contributed by atoms with Gasteiger partial charge in [-0.15, -0.1) is 0 Å². The van der Waals surface area contributed by atoms with Gasteiger partial charge in [0.1, 0.15) is 11.6 Å². The zero-order valence-electron chi connectivity index (χ0n) is 14.5. The van der Waals surface area contributed by atoms with E-state index in [1.807, 2.05) is 0 Å². The molecule has 3 aromatic rings. The van der Waals surface area contributed by atoms with Gasteiger partial charge in [-0.05, 0) is 67.3 Å². The molecule has 0 aliphatic carbocycles. The van der Waals surface area contributed by atoms with Crippen molar-refractivity contribution in [1.82, 2.24) is 0 Å². The molecule has 0 N–H and O–H groups in total. The Kier molecular flexibility index (Phi) is 5.11. The highest BCUT2D eigenvalue weighted by Gasteiger charge is 2.10. The number of benzene rings is 3. The average molecular weight is 352 g/mol. The molecule has 0 amide bonds. The highest BCUT2D eigenvalue weighted by Crippen LogP contribution is 2.21. The predicted molar refractivity (Wildman–Crippen MR) is 103 cm³/mol. The molecule has 0 fully saturated rings. The highest BCUT2D eigenvalue weighted by atomic mass is 31.1. The largest absolute Gasteiger partial charge is 0.207 e. The van der Waals surface area contributed by atoms with E-state index in [4.69, 9.17) is 0 Å². The van der Waals surface area contributed by atoms with Crippen molar-refractivity contribution in [2.24, 2.45) is 0 Å². The van der Waals surface area contributed by atoms with Gasteiger partial charge >= 0.3 is 0 Å². The first-order valence-electron chi connectivity index (χ1n) is 8.12. The van der Waals surface area contributed by atoms with Crippen LogP contribution in [0.15, 0.2) is 60.7 Å². The molecule has 0 aliphatic rings. The van der Waals surface area contributed by atoms with Gasteiger partial charge in [0.15, 0.2) is 0 Å². The van der Waals surface area contributed by atoms with E-state index in [0.717, 1.165) is 24.6 Å². The molecule has 0 radical (unpaired) electrons. The predicted octanol–water partition coefficient (Wildman–Crippen LogP) is 5.73. The molecule has 0 aliphatic heterocycles. The zero-order chi connectivity index (χ0) is 18.0. The van der Waals surface area contributed by atoms with Crippen molar-refractivity contribution in [2.75, 3.05) is 0 Å². The van der Waals surface area contributed by atoms with Crippen LogP contribution >= 0.6 is 8.20 Å². The van der Waals surface area contributed by atoms with Gasteiger partial charge in [-0.3, -0.25) is 0 Å². The van der Waals surface area contributed by atoms with Gasteiger partial charge in [0.05, 0.1) is 0 Å². The highest BCUT2D eigenvalue weighted by molar-refractivity contribution is 7.50. The number of rotatable bonds is 3. The Morgan fingerprint density at radius 3 is 1.48 bits per heavy atom. The van der Waals surface area contributed by atoms with Crippen LogP contribution in [-0.4, -0.2) is 5.29 Å². The molecular weight excluding hydrogens is 333 g/mol. The van der Waals surface area contributed by atoms with Gasteiger partial charge in [-0.2, -0.15) is 0 Å². The van der Waals surface area contributed by atoms with Gasteiger partial charge in [0, 0.05) is 10.6 Å². The van der Waals surface area contributed by atoms with E-state index in [-0.39, 0.29) is 11.6 Å². The van der Waals surface area contributed by atoms with Crippen LogP contribution in [0, 0.1) is 32.4 Å². The van der Waals surface area contributed by atoms with Crippen molar-refractivity contribution in [2.45, 2.75) is 20.8 Å². The lowest BCUT2D eigenvalue weighted by molar-refractivity contribution is 0.627. The van der Waals surface area contributed by atoms with Crippen molar-refractivity contribution in [3.63, 3.8) is 0 Å². The zero-order valence-corrected chi connectivity index (χ0v) is 15.4. The van der Waals surface area contributed by atoms with Gasteiger partial charge in [-0.25, -0.2) is 8.78 Å². The van der Waals surface area contributed by atoms with E-state index in [2.05, 4.69) is 32.9 Å². The smallest absolute Gasteiger partial charge is 0.123 e. The lowest BCUT2D eigenvalue weighted by atomic mass is 10.0. The Balaban J connectivity index is 2.21. The third kappa shape index (κ3) is 4.03. The molecule has 0 bridgehead atoms. The second kappa shape index (κ2) is 7.29. The molecule has 0 nitrogen and oxygen atoms in total. The van der Waals surface area contributed by atoms with Gasteiger partial charge in [0.25, 0.3) is 0 Å². The summed E-state index contributed by atoms with van der Waals surface area (Å²) in [6, 6.07) is 17.3. The second-order valence-electron chi connectivity index (χ2n) is 6.22. The molecule has 3 heteroatoms. The summed E-state index contributed by atoms with van der Waals surface area (Å²) in [6.07, 6.45) is 0. The summed E-state index contributed by atoms with van der Waals surface area (Å²) in [5, 5.41) is 2.27. The van der Waals surface area contributed by atoms with E-state index in [1.165, 1.54) is 46.3 Å². The van der Waals surface area contributed by atoms with Crippen LogP contribution < -0.4 is 5.30 Å². The third-order valence-electron chi connectivity index (χ3n) is 4.09. The maximum atomic E-state index is 13.3. The molecule has 0 aromatic heterocycles. The number of halogens is 2. The van der Waals surface area contributed by atoms with Crippen LogP contribution in [0.4, 0.5) is 8.78 Å². The van der Waals surface area contributed by atoms with Gasteiger partial charge in [-0.1, -0.05) is 50.2 Å². The van der Waals surface area contributed by atoms with Crippen molar-refractivity contribution in [1.29, 1.82) is 0 Å². The maximum Gasteiger partial charge on any atom is 0.123 e. The fraction of sp³-hybridized carbons (Fsp3) is 0.136. The van der Waals surface area contributed by atoms with Crippen LogP contribution in [0.25, 0.3) is 0 Å². The molecule has 3 aromatic carbocycles. The Hall–Kier alpha value is -2.31. The fourth-order valence-electron chi connectivity index (χ4n) is 2.97. The fourth-order valence-corrected chi connectivity index (χ4v) is 4.23. The van der Waals surface area contributed by atoms with Crippen molar-refractivity contribution in [3.8, 4) is 0 Å². The number of hydrogen-bond donors (Lipinski definition) is 0. The lowest BCUT2D eigenvalue weighted by Crippen LogP contribution is -2.09. The van der Waals surface area contributed by atoms with E-state index < -0.39 is 0 Å². The van der Waals surface area contributed by atoms with E-state index >= 15 is 0 Å². The minimum Gasteiger partial charge on any atom is -0.207 e. The van der Waals surface area contributed by atoms with Crippen molar-refractivity contribution < 1.29 is 8.78 Å². The summed E-state index contributed by atoms with van der Waals surface area (Å²) in [6.45, 7) is 6.30. The van der Waals surface area contributed by atoms with E-state index in [0.29, 0.717) is 0 Å². The molecule has 0 spiro atoms. The van der Waals surface area contributed by atoms with E-state index in [1.54, 1.807) is 24.3 Å². The van der Waals surface area contributed by atoms with Gasteiger partial charge < -0.3 is 0 Å². The summed E-state index contributed by atoms with van der Waals surface area (Å²) < 4.78 is 26.7. The quantitative estimate of drug-likeness (QED) is 0.528. The molecule has 0 heterocycles. The topological polar surface area (TPSA) is 0 Å². The Morgan fingerprint density at radius 2 is 1.08 bits per heavy atom. The first kappa shape index (κ1) is 17.5. The molecule has 126 valence electrons. The molecule has 0 unspecified atom stereocenters. The second-order valence-corrected chi connectivity index (χ2v) is 7.34. The molecule has 25 heavy (non-hydrogen) atoms. The molecular formula is C22H19F2P. The standard InChI is InChI=1S/C22H19F2P/c1-14-12-15(2)21(16(3)13-14)25-22(17-4-8-19(23)9-5-17)18-6-10-20(24)11-7-18/h4-13H,1-3H3. The minimum absolute atomic E-state index is 0.262. The van der Waals surface area contributed by atoms with Crippen LogP contribution in [-0.2, 0) is 0 Å². The van der Waals surface area contributed by atoms with Crippen molar-refractivity contribution >= 4 is 18.8 Å². The molecule has 0 saturated heterocycles. The van der Waals surface area contributed by atoms with Crippen LogP contribution in [0.2, 0.25) is 0 Å². The number of hydrogen-bond acceptors (Lipinski definition) is 0. The monoisotopic (exact) mass is 352 g/mol. The van der Waals surface area contributed by atoms with Crippen LogP contribution in [0.3, 0.4) is 0 Å². The van der Waals surface area contributed by atoms with Crippen LogP contribution in [0.5, 0.6) is 0 Å². The Bertz CT molecular complexity index is 853. The Labute approximate surface area is 149 Å². The SMILES string of the molecule is Cc1cc(C)c(P=C(c2ccc(F)cc2)c2ccc(F)cc2)c(C)c1. The van der Waals surface area contributed by atoms with Gasteiger partial charge in [0.2, 0.25) is 0 Å². The van der Waals surface area contributed by atoms with E-state index in [9.17, 15) is 8.78 Å². The normalized spacial score (nSPS) is 10.9. The summed E-state index contributed by atoms with van der Waals surface area (Å²) in [4.78, 5) is 0. The van der Waals surface area contributed by atoms with Crippen molar-refractivity contribution in [3.05, 3.63) is 100 Å². The Morgan fingerprint density at radius 1 is 0.680 bits per heavy atom. The lowest BCUT2D eigenvalue weighted by Gasteiger charge is -2.12. The number of aryl methyl sites for hydroxylation is 3. The third-order valence-corrected chi connectivity index (χ3v) is 5.76. The first-order chi connectivity index (χ1) is 11.9. The summed E-state index contributed by atoms with van der Waals surface area (Å²) in [7, 11) is 1.03. The molecule has 3 rings (SSSR count). The summed E-state index contributed by atoms with van der Waals surface area (Å²) in [5.41, 5.74) is 5.56. The summed E-state index contributed by atoms with van der Waals surface area (Å²) >= 11 is 0. The summed E-state index contributed by atoms with van der Waals surface area (Å²) in [5.74, 6) is -0.525. The average Bonchev–Trinajstić information content (AvgIpc) is 2.56. The molecule has 0 atom stereocenters.